The monoisotopic (exact) mass is 158 g/mol. The lowest BCUT2D eigenvalue weighted by molar-refractivity contribution is -0.127. The molecular formula is C8H14O3. The van der Waals surface area contributed by atoms with Crippen LogP contribution in [0.4, 0.5) is 0 Å². The van der Waals surface area contributed by atoms with Gasteiger partial charge in [0.05, 0.1) is 0 Å². The second-order valence-electron chi connectivity index (χ2n) is 2.37. The Labute approximate surface area is 66.9 Å². The summed E-state index contributed by atoms with van der Waals surface area (Å²) in [4.78, 5) is 0. The molecule has 0 aromatic carbocycles. The Morgan fingerprint density at radius 1 is 1.64 bits per heavy atom. The topological polar surface area (TPSA) is 27.7 Å². The molecule has 1 fully saturated rings. The van der Waals surface area contributed by atoms with Crippen molar-refractivity contribution in [1.29, 1.82) is 0 Å². The van der Waals surface area contributed by atoms with Crippen LogP contribution in [0.3, 0.4) is 0 Å². The van der Waals surface area contributed by atoms with Gasteiger partial charge in [-0.3, -0.25) is 0 Å². The van der Waals surface area contributed by atoms with Gasteiger partial charge in [0.1, 0.15) is 6.61 Å². The summed E-state index contributed by atoms with van der Waals surface area (Å²) in [6.07, 6.45) is 4.51. The minimum absolute atomic E-state index is 0.115. The standard InChI is InChI=1S/C8H14O3/c1-3-4-5-7-10-6-8(9-2)11-7/h3-4,7-8H,5-6H2,1-2H3. The first-order chi connectivity index (χ1) is 5.36. The highest BCUT2D eigenvalue weighted by molar-refractivity contribution is 4.79. The molecule has 3 nitrogen and oxygen atoms in total. The van der Waals surface area contributed by atoms with E-state index in [0.29, 0.717) is 6.61 Å². The molecule has 0 saturated carbocycles. The van der Waals surface area contributed by atoms with Gasteiger partial charge in [-0.15, -0.1) is 0 Å². The van der Waals surface area contributed by atoms with E-state index in [1.807, 2.05) is 19.1 Å². The molecule has 0 bridgehead atoms. The van der Waals surface area contributed by atoms with Crippen molar-refractivity contribution >= 4 is 0 Å². The van der Waals surface area contributed by atoms with E-state index in [0.717, 1.165) is 6.42 Å². The van der Waals surface area contributed by atoms with E-state index in [1.165, 1.54) is 0 Å². The molecule has 0 N–H and O–H groups in total. The molecule has 2 unspecified atom stereocenters. The third kappa shape index (κ3) is 2.61. The molecule has 0 aliphatic carbocycles. The molecule has 0 aromatic heterocycles. The summed E-state index contributed by atoms with van der Waals surface area (Å²) in [6, 6.07) is 0. The van der Waals surface area contributed by atoms with Crippen LogP contribution in [0.2, 0.25) is 0 Å². The second kappa shape index (κ2) is 4.49. The SMILES string of the molecule is CC=CCC1OCC(OC)O1. The Kier molecular flexibility index (Phi) is 3.56. The normalized spacial score (nSPS) is 31.8. The molecule has 11 heavy (non-hydrogen) atoms. The van der Waals surface area contributed by atoms with Crippen LogP contribution in [0.15, 0.2) is 12.2 Å². The van der Waals surface area contributed by atoms with E-state index in [2.05, 4.69) is 0 Å². The largest absolute Gasteiger partial charge is 0.353 e. The molecule has 0 aromatic rings. The molecule has 64 valence electrons. The van der Waals surface area contributed by atoms with Gasteiger partial charge in [-0.05, 0) is 6.92 Å². The van der Waals surface area contributed by atoms with Crippen molar-refractivity contribution in [3.05, 3.63) is 12.2 Å². The summed E-state index contributed by atoms with van der Waals surface area (Å²) in [5.41, 5.74) is 0. The van der Waals surface area contributed by atoms with Crippen molar-refractivity contribution in [3.63, 3.8) is 0 Å². The van der Waals surface area contributed by atoms with Gasteiger partial charge in [-0.25, -0.2) is 0 Å². The van der Waals surface area contributed by atoms with Crippen LogP contribution in [0.25, 0.3) is 0 Å². The summed E-state index contributed by atoms with van der Waals surface area (Å²) in [6.45, 7) is 2.52. The first kappa shape index (κ1) is 8.71. The molecule has 2 atom stereocenters. The number of hydrogen-bond donors (Lipinski definition) is 0. The lowest BCUT2D eigenvalue weighted by atomic mass is 10.4. The first-order valence-electron chi connectivity index (χ1n) is 3.78. The maximum atomic E-state index is 5.32. The van der Waals surface area contributed by atoms with Crippen LogP contribution in [-0.4, -0.2) is 26.3 Å². The highest BCUT2D eigenvalue weighted by Crippen LogP contribution is 2.14. The second-order valence-corrected chi connectivity index (χ2v) is 2.37. The smallest absolute Gasteiger partial charge is 0.183 e. The number of ether oxygens (including phenoxy) is 3. The van der Waals surface area contributed by atoms with E-state index in [-0.39, 0.29) is 12.6 Å². The van der Waals surface area contributed by atoms with E-state index in [1.54, 1.807) is 7.11 Å². The predicted molar refractivity (Wildman–Crippen MR) is 41.1 cm³/mol. The molecule has 0 spiro atoms. The summed E-state index contributed by atoms with van der Waals surface area (Å²) in [5.74, 6) is 0. The Morgan fingerprint density at radius 2 is 2.45 bits per heavy atom. The highest BCUT2D eigenvalue weighted by atomic mass is 16.8. The molecule has 1 saturated heterocycles. The van der Waals surface area contributed by atoms with E-state index >= 15 is 0 Å². The number of hydrogen-bond acceptors (Lipinski definition) is 3. The molecule has 1 aliphatic heterocycles. The zero-order valence-corrected chi connectivity index (χ0v) is 6.95. The minimum Gasteiger partial charge on any atom is -0.353 e. The fraction of sp³-hybridized carbons (Fsp3) is 0.750. The molecule has 1 aliphatic rings. The third-order valence-electron chi connectivity index (χ3n) is 1.55. The Hall–Kier alpha value is -0.380. The maximum absolute atomic E-state index is 5.32. The van der Waals surface area contributed by atoms with Gasteiger partial charge in [0.2, 0.25) is 0 Å². The van der Waals surface area contributed by atoms with E-state index in [4.69, 9.17) is 14.2 Å². The summed E-state index contributed by atoms with van der Waals surface area (Å²) in [5, 5.41) is 0. The third-order valence-corrected chi connectivity index (χ3v) is 1.55. The van der Waals surface area contributed by atoms with Crippen LogP contribution in [-0.2, 0) is 14.2 Å². The average Bonchev–Trinajstić information content (AvgIpc) is 2.48. The average molecular weight is 158 g/mol. The number of allylic oxidation sites excluding steroid dienone is 1. The summed E-state index contributed by atoms with van der Waals surface area (Å²) >= 11 is 0. The quantitative estimate of drug-likeness (QED) is 0.579. The molecule has 3 heteroatoms. The van der Waals surface area contributed by atoms with E-state index < -0.39 is 0 Å². The highest BCUT2D eigenvalue weighted by Gasteiger charge is 2.23. The van der Waals surface area contributed by atoms with Crippen molar-refractivity contribution < 1.29 is 14.2 Å². The zero-order chi connectivity index (χ0) is 8.10. The molecular weight excluding hydrogens is 144 g/mol. The molecule has 1 rings (SSSR count). The summed E-state index contributed by atoms with van der Waals surface area (Å²) in [7, 11) is 1.62. The van der Waals surface area contributed by atoms with Gasteiger partial charge < -0.3 is 14.2 Å². The van der Waals surface area contributed by atoms with Crippen molar-refractivity contribution in [2.24, 2.45) is 0 Å². The van der Waals surface area contributed by atoms with Gasteiger partial charge in [0.15, 0.2) is 12.6 Å². The van der Waals surface area contributed by atoms with Crippen LogP contribution >= 0.6 is 0 Å². The van der Waals surface area contributed by atoms with Crippen LogP contribution in [0.5, 0.6) is 0 Å². The van der Waals surface area contributed by atoms with Gasteiger partial charge in [0, 0.05) is 13.5 Å². The molecule has 0 amide bonds. The van der Waals surface area contributed by atoms with Crippen molar-refractivity contribution in [1.82, 2.24) is 0 Å². The van der Waals surface area contributed by atoms with Crippen molar-refractivity contribution in [2.75, 3.05) is 13.7 Å². The Bertz CT molecular complexity index is 133. The summed E-state index contributed by atoms with van der Waals surface area (Å²) < 4.78 is 15.5. The van der Waals surface area contributed by atoms with Gasteiger partial charge in [-0.1, -0.05) is 12.2 Å². The van der Waals surface area contributed by atoms with Gasteiger partial charge >= 0.3 is 0 Å². The van der Waals surface area contributed by atoms with Gasteiger partial charge in [0.25, 0.3) is 0 Å². The van der Waals surface area contributed by atoms with Crippen molar-refractivity contribution in [2.45, 2.75) is 25.9 Å². The van der Waals surface area contributed by atoms with Crippen LogP contribution < -0.4 is 0 Å². The Balaban J connectivity index is 2.19. The predicted octanol–water partition coefficient (Wildman–Crippen LogP) is 1.30. The molecule has 0 radical (unpaired) electrons. The van der Waals surface area contributed by atoms with Crippen LogP contribution in [0, 0.1) is 0 Å². The first-order valence-corrected chi connectivity index (χ1v) is 3.78. The fourth-order valence-corrected chi connectivity index (χ4v) is 0.928. The zero-order valence-electron chi connectivity index (χ0n) is 6.95. The van der Waals surface area contributed by atoms with Crippen LogP contribution in [0.1, 0.15) is 13.3 Å². The minimum atomic E-state index is -0.176. The number of methoxy groups -OCH3 is 1. The fourth-order valence-electron chi connectivity index (χ4n) is 0.928. The maximum Gasteiger partial charge on any atom is 0.183 e. The van der Waals surface area contributed by atoms with E-state index in [9.17, 15) is 0 Å². The molecule has 1 heterocycles. The number of rotatable bonds is 3. The van der Waals surface area contributed by atoms with Gasteiger partial charge in [-0.2, -0.15) is 0 Å². The lowest BCUT2D eigenvalue weighted by Crippen LogP contribution is -2.13. The Morgan fingerprint density at radius 3 is 3.00 bits per heavy atom. The lowest BCUT2D eigenvalue weighted by Gasteiger charge is -2.06. The van der Waals surface area contributed by atoms with Crippen molar-refractivity contribution in [3.8, 4) is 0 Å².